The first-order chi connectivity index (χ1) is 11.2. The fourth-order valence-electron chi connectivity index (χ4n) is 1.90. The van der Waals surface area contributed by atoms with Gasteiger partial charge in [0.25, 0.3) is 0 Å². The minimum absolute atomic E-state index is 0.309. The normalized spacial score (nSPS) is 10.6. The van der Waals surface area contributed by atoms with Gasteiger partial charge in [-0.05, 0) is 32.1 Å². The third-order valence-corrected chi connectivity index (χ3v) is 3.14. The van der Waals surface area contributed by atoms with Crippen LogP contribution in [0.5, 0.6) is 0 Å². The Morgan fingerprint density at radius 1 is 1.26 bits per heavy atom. The molecule has 0 spiro atoms. The zero-order chi connectivity index (χ0) is 16.9. The van der Waals surface area contributed by atoms with Crippen molar-refractivity contribution in [3.8, 4) is 0 Å². The number of rotatable bonds is 11. The largest absolute Gasteiger partial charge is 0.373 e. The Hall–Kier alpha value is -1.47. The van der Waals surface area contributed by atoms with Gasteiger partial charge in [-0.15, -0.1) is 6.58 Å². The first-order valence-electron chi connectivity index (χ1n) is 7.75. The summed E-state index contributed by atoms with van der Waals surface area (Å²) < 4.78 is 16.4. The van der Waals surface area contributed by atoms with Gasteiger partial charge in [0.05, 0.1) is 19.8 Å². The van der Waals surface area contributed by atoms with Crippen molar-refractivity contribution in [2.45, 2.75) is 26.7 Å². The van der Waals surface area contributed by atoms with E-state index < -0.39 is 0 Å². The van der Waals surface area contributed by atoms with Crippen LogP contribution in [0.4, 0.5) is 5.69 Å². The van der Waals surface area contributed by atoms with Crippen molar-refractivity contribution >= 4 is 23.0 Å². The number of thiocarbonyl (C=S) groups is 1. The van der Waals surface area contributed by atoms with Gasteiger partial charge in [-0.1, -0.05) is 24.3 Å². The molecule has 0 saturated carbocycles. The average molecular weight is 338 g/mol. The second-order valence-corrected chi connectivity index (χ2v) is 5.04. The number of hydrogen-bond acceptors (Lipinski definition) is 4. The van der Waals surface area contributed by atoms with Gasteiger partial charge in [0.2, 0.25) is 0 Å². The van der Waals surface area contributed by atoms with Gasteiger partial charge < -0.3 is 24.8 Å². The summed E-state index contributed by atoms with van der Waals surface area (Å²) in [6.45, 7) is 10.2. The maximum atomic E-state index is 5.49. The first kappa shape index (κ1) is 19.6. The smallest absolute Gasteiger partial charge is 0.174 e. The van der Waals surface area contributed by atoms with E-state index in [4.69, 9.17) is 26.4 Å². The lowest BCUT2D eigenvalue weighted by Gasteiger charge is -2.19. The van der Waals surface area contributed by atoms with Gasteiger partial charge in [0.15, 0.2) is 11.4 Å². The van der Waals surface area contributed by atoms with E-state index in [-0.39, 0.29) is 6.29 Å². The first-order valence-corrected chi connectivity index (χ1v) is 8.16. The van der Waals surface area contributed by atoms with E-state index in [9.17, 15) is 0 Å². The molecule has 0 unspecified atom stereocenters. The second-order valence-electron chi connectivity index (χ2n) is 4.64. The van der Waals surface area contributed by atoms with Crippen LogP contribution in [0.3, 0.4) is 0 Å². The van der Waals surface area contributed by atoms with Crippen molar-refractivity contribution in [2.24, 2.45) is 0 Å². The van der Waals surface area contributed by atoms with E-state index in [1.54, 1.807) is 6.08 Å². The van der Waals surface area contributed by atoms with Gasteiger partial charge in [-0.25, -0.2) is 0 Å². The Labute approximate surface area is 144 Å². The minimum atomic E-state index is -0.309. The monoisotopic (exact) mass is 338 g/mol. The van der Waals surface area contributed by atoms with Crippen LogP contribution in [-0.4, -0.2) is 37.8 Å². The van der Waals surface area contributed by atoms with E-state index in [1.807, 2.05) is 38.1 Å². The van der Waals surface area contributed by atoms with Crippen LogP contribution in [0.15, 0.2) is 36.9 Å². The molecule has 0 heterocycles. The molecule has 0 radical (unpaired) electrons. The molecule has 0 aliphatic rings. The molecular weight excluding hydrogens is 312 g/mol. The number of anilines is 1. The molecule has 0 amide bonds. The zero-order valence-corrected chi connectivity index (χ0v) is 14.7. The molecule has 5 nitrogen and oxygen atoms in total. The van der Waals surface area contributed by atoms with Crippen molar-refractivity contribution in [3.05, 3.63) is 42.5 Å². The minimum Gasteiger partial charge on any atom is -0.373 e. The number of benzene rings is 1. The van der Waals surface area contributed by atoms with Crippen molar-refractivity contribution in [2.75, 3.05) is 31.7 Å². The van der Waals surface area contributed by atoms with E-state index >= 15 is 0 Å². The van der Waals surface area contributed by atoms with Crippen molar-refractivity contribution in [3.63, 3.8) is 0 Å². The lowest BCUT2D eigenvalue weighted by Crippen LogP contribution is -2.37. The van der Waals surface area contributed by atoms with Crippen LogP contribution in [0.25, 0.3) is 0 Å². The van der Waals surface area contributed by atoms with E-state index in [1.165, 1.54) is 0 Å². The molecule has 1 aromatic rings. The number of nitrogens with one attached hydrogen (secondary N) is 2. The number of hydrogen-bond donors (Lipinski definition) is 2. The van der Waals surface area contributed by atoms with Gasteiger partial charge in [0.1, 0.15) is 0 Å². The highest BCUT2D eigenvalue weighted by Gasteiger charge is 2.09. The molecule has 0 aromatic heterocycles. The molecule has 0 fully saturated rings. The fourth-order valence-corrected chi connectivity index (χ4v) is 2.09. The summed E-state index contributed by atoms with van der Waals surface area (Å²) in [5, 5.41) is 6.81. The quantitative estimate of drug-likeness (QED) is 0.280. The molecule has 1 rings (SSSR count). The summed E-state index contributed by atoms with van der Waals surface area (Å²) in [6, 6.07) is 7.87. The second kappa shape index (κ2) is 12.0. The lowest BCUT2D eigenvalue weighted by molar-refractivity contribution is -0.130. The van der Waals surface area contributed by atoms with E-state index in [0.29, 0.717) is 38.1 Å². The molecule has 1 aromatic carbocycles. The molecule has 128 valence electrons. The number of para-hydroxylation sites is 1. The van der Waals surface area contributed by atoms with Gasteiger partial charge in [0, 0.05) is 24.5 Å². The predicted molar refractivity (Wildman–Crippen MR) is 97.6 cm³/mol. The van der Waals surface area contributed by atoms with Gasteiger partial charge in [-0.3, -0.25) is 0 Å². The molecule has 0 aliphatic heterocycles. The van der Waals surface area contributed by atoms with Crippen LogP contribution in [0.1, 0.15) is 19.4 Å². The molecule has 0 bridgehead atoms. The Kier molecular flexibility index (Phi) is 10.2. The predicted octanol–water partition coefficient (Wildman–Crippen LogP) is 3.07. The Morgan fingerprint density at radius 3 is 2.61 bits per heavy atom. The highest BCUT2D eigenvalue weighted by atomic mass is 32.1. The maximum Gasteiger partial charge on any atom is 0.174 e. The third-order valence-electron chi connectivity index (χ3n) is 2.89. The Balaban J connectivity index is 2.51. The third kappa shape index (κ3) is 8.08. The highest BCUT2D eigenvalue weighted by Crippen LogP contribution is 2.16. The van der Waals surface area contributed by atoms with Crippen LogP contribution in [0, 0.1) is 0 Å². The summed E-state index contributed by atoms with van der Waals surface area (Å²) in [4.78, 5) is 0. The average Bonchev–Trinajstić information content (AvgIpc) is 2.55. The highest BCUT2D eigenvalue weighted by molar-refractivity contribution is 7.80. The van der Waals surface area contributed by atoms with Crippen molar-refractivity contribution in [1.82, 2.24) is 5.32 Å². The lowest BCUT2D eigenvalue weighted by atomic mass is 10.2. The molecular formula is C17H26N2O3S. The van der Waals surface area contributed by atoms with Crippen LogP contribution >= 0.6 is 12.2 Å². The van der Waals surface area contributed by atoms with E-state index in [0.717, 1.165) is 11.3 Å². The standard InChI is InChI=1S/C17H26N2O3S/c1-4-11-20-13-14-9-7-8-10-15(14)19-17(23)18-12-16(21-5-2)22-6-3/h4,7-10,16H,1,5-6,11-13H2,2-3H3,(H2,18,19,23). The SMILES string of the molecule is C=CCOCc1ccccc1NC(=S)NCC(OCC)OCC. The summed E-state index contributed by atoms with van der Waals surface area (Å²) in [7, 11) is 0. The van der Waals surface area contributed by atoms with Crippen molar-refractivity contribution in [1.29, 1.82) is 0 Å². The molecule has 0 aliphatic carbocycles. The molecule has 6 heteroatoms. The van der Waals surface area contributed by atoms with Gasteiger partial charge >= 0.3 is 0 Å². The summed E-state index contributed by atoms with van der Waals surface area (Å²) in [5.41, 5.74) is 1.95. The summed E-state index contributed by atoms with van der Waals surface area (Å²) in [6.07, 6.45) is 1.42. The molecule has 23 heavy (non-hydrogen) atoms. The molecule has 0 saturated heterocycles. The maximum absolute atomic E-state index is 5.49. The molecule has 2 N–H and O–H groups in total. The summed E-state index contributed by atoms with van der Waals surface area (Å²) >= 11 is 5.33. The van der Waals surface area contributed by atoms with Crippen molar-refractivity contribution < 1.29 is 14.2 Å². The fraction of sp³-hybridized carbons (Fsp3) is 0.471. The van der Waals surface area contributed by atoms with Crippen LogP contribution in [0.2, 0.25) is 0 Å². The number of ether oxygens (including phenoxy) is 3. The van der Waals surface area contributed by atoms with Gasteiger partial charge in [-0.2, -0.15) is 0 Å². The van der Waals surface area contributed by atoms with E-state index in [2.05, 4.69) is 17.2 Å². The van der Waals surface area contributed by atoms with Crippen LogP contribution < -0.4 is 10.6 Å². The topological polar surface area (TPSA) is 51.8 Å². The zero-order valence-electron chi connectivity index (χ0n) is 13.8. The Morgan fingerprint density at radius 2 is 1.96 bits per heavy atom. The Bertz CT molecular complexity index is 477. The summed E-state index contributed by atoms with van der Waals surface area (Å²) in [5.74, 6) is 0. The van der Waals surface area contributed by atoms with Crippen LogP contribution in [-0.2, 0) is 20.8 Å². The molecule has 0 atom stereocenters.